The Labute approximate surface area is 247 Å². The minimum atomic E-state index is -1.70. The molecule has 10 N–H and O–H groups in total. The van der Waals surface area contributed by atoms with E-state index in [0.29, 0.717) is 15.2 Å². The monoisotopic (exact) mass is 621 g/mol. The van der Waals surface area contributed by atoms with Crippen LogP contribution in [0.1, 0.15) is 59.3 Å². The molecule has 0 saturated carbocycles. The van der Waals surface area contributed by atoms with Crippen LogP contribution < -0.4 is 21.7 Å². The highest BCUT2D eigenvalue weighted by Crippen LogP contribution is 2.07. The number of carboxylic acid groups (broad SMARTS) is 1. The van der Waals surface area contributed by atoms with Crippen molar-refractivity contribution in [2.24, 2.45) is 5.73 Å². The van der Waals surface area contributed by atoms with Crippen LogP contribution in [0.25, 0.3) is 0 Å². The van der Waals surface area contributed by atoms with Crippen molar-refractivity contribution in [2.45, 2.75) is 83.5 Å². The molecular formula is C24H43N7O12. The van der Waals surface area contributed by atoms with Crippen LogP contribution in [-0.4, -0.2) is 133 Å². The number of aliphatic hydroxyl groups is 1. The summed E-state index contributed by atoms with van der Waals surface area (Å²) in [7, 11) is 0. The second kappa shape index (κ2) is 20.1. The van der Waals surface area contributed by atoms with Gasteiger partial charge in [0.1, 0.15) is 18.1 Å². The van der Waals surface area contributed by atoms with E-state index in [9.17, 15) is 54.3 Å². The van der Waals surface area contributed by atoms with Crippen molar-refractivity contribution in [3.8, 4) is 0 Å². The van der Waals surface area contributed by atoms with E-state index in [-0.39, 0.29) is 58.2 Å². The van der Waals surface area contributed by atoms with E-state index in [2.05, 4.69) is 16.0 Å². The number of hydroxylamine groups is 6. The quantitative estimate of drug-likeness (QED) is 0.0481. The van der Waals surface area contributed by atoms with E-state index in [1.165, 1.54) is 0 Å². The zero-order valence-corrected chi connectivity index (χ0v) is 24.4. The van der Waals surface area contributed by atoms with E-state index < -0.39 is 72.2 Å². The lowest BCUT2D eigenvalue weighted by molar-refractivity contribution is -0.163. The highest BCUT2D eigenvalue weighted by molar-refractivity contribution is 5.94. The molecule has 0 saturated heterocycles. The van der Waals surface area contributed by atoms with Gasteiger partial charge in [-0.3, -0.25) is 44.4 Å². The molecule has 0 radical (unpaired) electrons. The van der Waals surface area contributed by atoms with Gasteiger partial charge in [0.15, 0.2) is 0 Å². The Balaban J connectivity index is 5.75. The predicted molar refractivity (Wildman–Crippen MR) is 144 cm³/mol. The fourth-order valence-corrected chi connectivity index (χ4v) is 3.50. The molecule has 0 aromatic carbocycles. The summed E-state index contributed by atoms with van der Waals surface area (Å²) in [4.78, 5) is 83.8. The second-order valence-electron chi connectivity index (χ2n) is 9.66. The molecule has 6 amide bonds. The van der Waals surface area contributed by atoms with E-state index >= 15 is 0 Å². The minimum Gasteiger partial charge on any atom is -0.480 e. The molecule has 0 aliphatic heterocycles. The number of aliphatic hydroxyl groups excluding tert-OH is 1. The maximum absolute atomic E-state index is 13.3. The molecule has 0 spiro atoms. The normalized spacial score (nSPS) is 13.5. The number of aliphatic carboxylic acids is 1. The van der Waals surface area contributed by atoms with Crippen LogP contribution in [0.15, 0.2) is 0 Å². The van der Waals surface area contributed by atoms with Gasteiger partial charge in [-0.15, -0.1) is 0 Å². The van der Waals surface area contributed by atoms with Crippen LogP contribution in [-0.2, 0) is 33.6 Å². The number of carbonyl (C=O) groups excluding carboxylic acids is 6. The van der Waals surface area contributed by atoms with E-state index in [0.717, 1.165) is 20.8 Å². The van der Waals surface area contributed by atoms with Crippen LogP contribution in [0.3, 0.4) is 0 Å². The van der Waals surface area contributed by atoms with Gasteiger partial charge in [0.2, 0.25) is 35.4 Å². The summed E-state index contributed by atoms with van der Waals surface area (Å²) in [6.45, 7) is 1.82. The van der Waals surface area contributed by atoms with Crippen molar-refractivity contribution in [1.82, 2.24) is 31.1 Å². The average Bonchev–Trinajstić information content (AvgIpc) is 2.93. The van der Waals surface area contributed by atoms with Crippen LogP contribution in [0.2, 0.25) is 0 Å². The molecule has 0 fully saturated rings. The first kappa shape index (κ1) is 39.1. The smallest absolute Gasteiger partial charge is 0.328 e. The number of hydrogen-bond donors (Lipinski definition) is 9. The summed E-state index contributed by atoms with van der Waals surface area (Å²) in [5, 5.41) is 55.2. The maximum Gasteiger partial charge on any atom is 0.328 e. The van der Waals surface area contributed by atoms with E-state index in [1.807, 2.05) is 0 Å². The van der Waals surface area contributed by atoms with Gasteiger partial charge in [-0.25, -0.2) is 20.0 Å². The van der Waals surface area contributed by atoms with Gasteiger partial charge in [-0.05, 0) is 38.5 Å². The van der Waals surface area contributed by atoms with Crippen LogP contribution in [0, 0.1) is 0 Å². The summed E-state index contributed by atoms with van der Waals surface area (Å²) >= 11 is 0. The molecule has 0 aromatic rings. The number of nitrogens with two attached hydrogens (primary N) is 1. The van der Waals surface area contributed by atoms with E-state index in [4.69, 9.17) is 10.8 Å². The third kappa shape index (κ3) is 15.8. The molecule has 0 aromatic heterocycles. The standard InChI is InChI=1S/C24H43N7O12/c1-14(33)29(41)10-4-7-17(25)21(36)26-18(8-5-11-30(42)15(2)34)22(37)27-19(9-6-12-31(43)16(3)35)23(38)28-20(13-32)24(39)40/h17-20,32,41-43H,4-13,25H2,1-3H3,(H,26,36)(H,27,37)(H,28,38)(H,39,40)/t17-,18-,19-,20-/m0/s1. The summed E-state index contributed by atoms with van der Waals surface area (Å²) < 4.78 is 0. The van der Waals surface area contributed by atoms with Crippen molar-refractivity contribution in [1.29, 1.82) is 0 Å². The lowest BCUT2D eigenvalue weighted by Crippen LogP contribution is -2.57. The lowest BCUT2D eigenvalue weighted by Gasteiger charge is -2.26. The number of nitrogens with zero attached hydrogens (tertiary/aromatic N) is 3. The number of rotatable bonds is 20. The number of nitrogens with one attached hydrogen (secondary N) is 3. The van der Waals surface area contributed by atoms with Gasteiger partial charge < -0.3 is 31.9 Å². The summed E-state index contributed by atoms with van der Waals surface area (Å²) in [5.41, 5.74) is 5.89. The van der Waals surface area contributed by atoms with Gasteiger partial charge >= 0.3 is 5.97 Å². The van der Waals surface area contributed by atoms with Gasteiger partial charge in [0, 0.05) is 40.4 Å². The fourth-order valence-electron chi connectivity index (χ4n) is 3.50. The second-order valence-corrected chi connectivity index (χ2v) is 9.66. The molecular weight excluding hydrogens is 578 g/mol. The van der Waals surface area contributed by atoms with Gasteiger partial charge in [-0.2, -0.15) is 0 Å². The largest absolute Gasteiger partial charge is 0.480 e. The van der Waals surface area contributed by atoms with Crippen molar-refractivity contribution in [2.75, 3.05) is 26.2 Å². The molecule has 0 unspecified atom stereocenters. The fraction of sp³-hybridized carbons (Fsp3) is 0.708. The molecule has 43 heavy (non-hydrogen) atoms. The highest BCUT2D eigenvalue weighted by atomic mass is 16.5. The molecule has 4 atom stereocenters. The summed E-state index contributed by atoms with van der Waals surface area (Å²) in [6.07, 6.45) is -0.242. The Morgan fingerprint density at radius 3 is 1.26 bits per heavy atom. The van der Waals surface area contributed by atoms with Gasteiger partial charge in [0.05, 0.1) is 12.6 Å². The van der Waals surface area contributed by atoms with Crippen LogP contribution in [0.5, 0.6) is 0 Å². The summed E-state index contributed by atoms with van der Waals surface area (Å²) in [5.74, 6) is -6.26. The third-order valence-corrected chi connectivity index (χ3v) is 6.10. The topological polar surface area (TPSA) is 292 Å². The van der Waals surface area contributed by atoms with Gasteiger partial charge in [-0.1, -0.05) is 0 Å². The predicted octanol–water partition coefficient (Wildman–Crippen LogP) is -3.10. The van der Waals surface area contributed by atoms with Crippen LogP contribution in [0.4, 0.5) is 0 Å². The number of carbonyl (C=O) groups is 7. The Kier molecular flexibility index (Phi) is 18.2. The number of amides is 6. The average molecular weight is 622 g/mol. The molecule has 19 heteroatoms. The first-order chi connectivity index (χ1) is 20.0. The zero-order valence-electron chi connectivity index (χ0n) is 24.4. The Bertz CT molecular complexity index is 982. The summed E-state index contributed by atoms with van der Waals surface area (Å²) in [6, 6.07) is -5.68. The van der Waals surface area contributed by atoms with Crippen molar-refractivity contribution < 1.29 is 59.4 Å². The molecule has 0 bridgehead atoms. The van der Waals surface area contributed by atoms with Crippen molar-refractivity contribution in [3.05, 3.63) is 0 Å². The van der Waals surface area contributed by atoms with Gasteiger partial charge in [0.25, 0.3) is 0 Å². The minimum absolute atomic E-state index is 0.00230. The highest BCUT2D eigenvalue weighted by Gasteiger charge is 2.30. The third-order valence-electron chi connectivity index (χ3n) is 6.10. The first-order valence-corrected chi connectivity index (χ1v) is 13.4. The first-order valence-electron chi connectivity index (χ1n) is 13.4. The van der Waals surface area contributed by atoms with Crippen molar-refractivity contribution >= 4 is 41.4 Å². The molecule has 0 heterocycles. The molecule has 0 aliphatic rings. The van der Waals surface area contributed by atoms with E-state index in [1.54, 1.807) is 0 Å². The Hall–Kier alpha value is -3.91. The number of carboxylic acids is 1. The van der Waals surface area contributed by atoms with Crippen molar-refractivity contribution in [3.63, 3.8) is 0 Å². The number of hydrogen-bond acceptors (Lipinski definition) is 12. The van der Waals surface area contributed by atoms with Crippen LogP contribution >= 0.6 is 0 Å². The zero-order chi connectivity index (χ0) is 33.3. The lowest BCUT2D eigenvalue weighted by atomic mass is 10.1. The maximum atomic E-state index is 13.3. The molecule has 19 nitrogen and oxygen atoms in total. The Morgan fingerprint density at radius 2 is 0.930 bits per heavy atom. The SMILES string of the molecule is CC(=O)N(O)CCC[C@H](NC(=O)[C@H](CCCN(O)C(C)=O)NC(=O)[C@@H](N)CCCN(O)C(C)=O)C(=O)N[C@@H](CO)C(=O)O. The molecule has 0 rings (SSSR count). The molecule has 246 valence electrons. The Morgan fingerprint density at radius 1 is 0.605 bits per heavy atom. The molecule has 0 aliphatic carbocycles.